The third kappa shape index (κ3) is 14.6. The number of nitrogens with zero attached hydrogens (tertiary/aromatic N) is 3. The quantitative estimate of drug-likeness (QED) is 0.0976. The van der Waals surface area contributed by atoms with Crippen molar-refractivity contribution in [3.05, 3.63) is 45.7 Å². The molecule has 76 heavy (non-hydrogen) atoms. The molecule has 0 radical (unpaired) electrons. The molecule has 432 valence electrons. The Bertz CT molecular complexity index is 2290. The lowest BCUT2D eigenvalue weighted by Gasteiger charge is -2.49. The van der Waals surface area contributed by atoms with Crippen molar-refractivity contribution < 1.29 is 73.0 Å². The summed E-state index contributed by atoms with van der Waals surface area (Å²) < 4.78 is 53.4. The molecule has 5 N–H and O–H groups in total. The van der Waals surface area contributed by atoms with E-state index in [2.05, 4.69) is 0 Å². The third-order valence-corrected chi connectivity index (χ3v) is 17.0. The average molecular weight is 1080 g/mol. The van der Waals surface area contributed by atoms with Crippen LogP contribution in [0.3, 0.4) is 0 Å². The van der Waals surface area contributed by atoms with Gasteiger partial charge in [0.25, 0.3) is 0 Å². The van der Waals surface area contributed by atoms with E-state index in [4.69, 9.17) is 37.9 Å². The summed E-state index contributed by atoms with van der Waals surface area (Å²) in [5.41, 5.74) is -3.45. The van der Waals surface area contributed by atoms with Crippen LogP contribution in [0.15, 0.2) is 29.2 Å². The molecular formula is C57H93N3O16. The van der Waals surface area contributed by atoms with Crippen LogP contribution < -0.4 is 5.43 Å². The van der Waals surface area contributed by atoms with E-state index in [9.17, 15) is 39.9 Å². The number of aromatic nitrogens is 1. The standard InChI is InChI=1S/C57H93N3O16/c1-15-44-57(10,68)49(63)36(6)59(13)29-32(2)27-55(8,67)50(76-54-47(62)43(58(11)12)25-33(3)72-54)34(4)48(35(5)53(66)74-44)75-45-28-56(9,69-14)51(37(7)73-45)71-24-23-70-22-16-17-38-20-21-42-40(26-38)46(61)41(52(64)65)31-60(42)30-39-18-19-39/h20-21,26,31-37,39,43-45,47-51,54,62-63,67-68H,15-19,22-25,27-30H2,1-14H3,(H,64,65)/t32-,33-,34+,35-,36-,37+,43+,44-,45+,47-,48+,49-,50-,51+,54+,55-,56-,57-/m1/s1. The van der Waals surface area contributed by atoms with Gasteiger partial charge in [-0.15, -0.1) is 0 Å². The zero-order valence-electron chi connectivity index (χ0n) is 47.8. The molecule has 2 aromatic rings. The molecule has 0 bridgehead atoms. The van der Waals surface area contributed by atoms with Crippen molar-refractivity contribution in [1.82, 2.24) is 14.4 Å². The van der Waals surface area contributed by atoms with E-state index >= 15 is 0 Å². The van der Waals surface area contributed by atoms with Gasteiger partial charge in [0.1, 0.15) is 35.6 Å². The fraction of sp³-hybridized carbons (Fsp3) is 0.807. The number of cyclic esters (lactones) is 1. The predicted octanol–water partition coefficient (Wildman–Crippen LogP) is 5.00. The molecule has 4 heterocycles. The number of hydrogen-bond acceptors (Lipinski definition) is 17. The van der Waals surface area contributed by atoms with E-state index in [1.165, 1.54) is 13.1 Å². The highest BCUT2D eigenvalue weighted by Crippen LogP contribution is 2.41. The zero-order chi connectivity index (χ0) is 56.2. The number of rotatable bonds is 18. The van der Waals surface area contributed by atoms with Gasteiger partial charge in [0.2, 0.25) is 5.43 Å². The maximum absolute atomic E-state index is 14.6. The molecule has 0 spiro atoms. The molecule has 19 heteroatoms. The maximum atomic E-state index is 14.6. The van der Waals surface area contributed by atoms with E-state index in [1.807, 2.05) is 82.3 Å². The van der Waals surface area contributed by atoms with Gasteiger partial charge >= 0.3 is 11.9 Å². The zero-order valence-corrected chi connectivity index (χ0v) is 47.8. The third-order valence-electron chi connectivity index (χ3n) is 17.0. The van der Waals surface area contributed by atoms with Crippen LogP contribution >= 0.6 is 0 Å². The van der Waals surface area contributed by atoms with Gasteiger partial charge in [0, 0.05) is 62.8 Å². The number of benzene rings is 1. The Hall–Kier alpha value is -3.15. The molecule has 4 fully saturated rings. The van der Waals surface area contributed by atoms with Gasteiger partial charge in [0.05, 0.1) is 60.3 Å². The first-order valence-corrected chi connectivity index (χ1v) is 27.8. The highest BCUT2D eigenvalue weighted by atomic mass is 16.7. The molecule has 3 aliphatic heterocycles. The van der Waals surface area contributed by atoms with Crippen LogP contribution in [0.2, 0.25) is 0 Å². The van der Waals surface area contributed by atoms with Crippen molar-refractivity contribution in [2.75, 3.05) is 54.6 Å². The molecule has 18 atom stereocenters. The second kappa shape index (κ2) is 26.0. The van der Waals surface area contributed by atoms with Gasteiger partial charge in [-0.05, 0) is 144 Å². The molecule has 1 aromatic carbocycles. The normalized spacial score (nSPS) is 38.7. The molecule has 1 aromatic heterocycles. The molecular weight excluding hydrogens is 983 g/mol. The number of esters is 1. The van der Waals surface area contributed by atoms with Crippen LogP contribution in [-0.2, 0) is 55.7 Å². The van der Waals surface area contributed by atoms with Crippen molar-refractivity contribution in [3.8, 4) is 0 Å². The van der Waals surface area contributed by atoms with Crippen molar-refractivity contribution >= 4 is 22.8 Å². The lowest BCUT2D eigenvalue weighted by molar-refractivity contribution is -0.321. The number of carbonyl (C=O) groups is 2. The van der Waals surface area contributed by atoms with E-state index in [-0.39, 0.29) is 56.1 Å². The minimum atomic E-state index is -1.84. The molecule has 19 nitrogen and oxygen atoms in total. The second-order valence-electron chi connectivity index (χ2n) is 23.9. The lowest BCUT2D eigenvalue weighted by atomic mass is 9.77. The Morgan fingerprint density at radius 1 is 0.934 bits per heavy atom. The molecule has 1 aliphatic carbocycles. The van der Waals surface area contributed by atoms with Crippen LogP contribution in [0.1, 0.15) is 130 Å². The van der Waals surface area contributed by atoms with E-state index in [0.29, 0.717) is 50.3 Å². The summed E-state index contributed by atoms with van der Waals surface area (Å²) in [6, 6.07) is 4.81. The minimum Gasteiger partial charge on any atom is -0.477 e. The first-order chi connectivity index (χ1) is 35.6. The summed E-state index contributed by atoms with van der Waals surface area (Å²) in [6.45, 7) is 20.0. The van der Waals surface area contributed by atoms with Gasteiger partial charge in [-0.25, -0.2) is 4.79 Å². The Morgan fingerprint density at radius 3 is 2.26 bits per heavy atom. The average Bonchev–Trinajstić information content (AvgIpc) is 4.19. The Labute approximate surface area is 450 Å². The molecule has 1 saturated carbocycles. The van der Waals surface area contributed by atoms with Gasteiger partial charge in [0.15, 0.2) is 12.6 Å². The first kappa shape index (κ1) is 62.1. The highest BCUT2D eigenvalue weighted by Gasteiger charge is 2.53. The number of aromatic carboxylic acids is 1. The number of carboxylic acid groups (broad SMARTS) is 1. The summed E-state index contributed by atoms with van der Waals surface area (Å²) in [5.74, 6) is -3.45. The number of carboxylic acids is 1. The van der Waals surface area contributed by atoms with Crippen molar-refractivity contribution in [3.63, 3.8) is 0 Å². The summed E-state index contributed by atoms with van der Waals surface area (Å²) >= 11 is 0. The van der Waals surface area contributed by atoms with E-state index in [0.717, 1.165) is 23.9 Å². The topological polar surface area (TPSA) is 238 Å². The largest absolute Gasteiger partial charge is 0.477 e. The Morgan fingerprint density at radius 2 is 1.63 bits per heavy atom. The Kier molecular flexibility index (Phi) is 21.2. The van der Waals surface area contributed by atoms with E-state index < -0.39 is 107 Å². The van der Waals surface area contributed by atoms with Gasteiger partial charge in [-0.3, -0.25) is 9.59 Å². The van der Waals surface area contributed by atoms with Crippen LogP contribution in [0, 0.1) is 23.7 Å². The number of aliphatic hydroxyl groups is 4. The first-order valence-electron chi connectivity index (χ1n) is 27.8. The van der Waals surface area contributed by atoms with Crippen LogP contribution in [0.25, 0.3) is 10.9 Å². The molecule has 4 aliphatic rings. The number of aryl methyl sites for hydroxylation is 1. The number of aliphatic hydroxyl groups excluding tert-OH is 2. The highest BCUT2D eigenvalue weighted by molar-refractivity contribution is 5.92. The minimum absolute atomic E-state index is 0.171. The summed E-state index contributed by atoms with van der Waals surface area (Å²) in [6.07, 6.45) is -3.11. The molecule has 6 rings (SSSR count). The smallest absolute Gasteiger partial charge is 0.341 e. The maximum Gasteiger partial charge on any atom is 0.341 e. The monoisotopic (exact) mass is 1080 g/mol. The van der Waals surface area contributed by atoms with Gasteiger partial charge in [-0.1, -0.05) is 26.8 Å². The summed E-state index contributed by atoms with van der Waals surface area (Å²) in [7, 11) is 7.21. The predicted molar refractivity (Wildman–Crippen MR) is 285 cm³/mol. The van der Waals surface area contributed by atoms with Crippen molar-refractivity contribution in [1.29, 1.82) is 0 Å². The summed E-state index contributed by atoms with van der Waals surface area (Å²) in [5, 5.41) is 58.3. The SMILES string of the molecule is CC[C@H]1OC(=O)[C@H](C)[C@@H](O[C@H]2C[C@@](C)(OC)[C@@H](OCCOCCCc3ccc4c(c3)c(=O)c(C(=O)O)cn4CC3CC3)[C@H](C)O2)[C@H](C)[C@@H](O[C@@H]2O[C@H](C)C[C@H](N(C)C)[C@H]2O)[C@](C)(O)C[C@@H](C)CN(C)[C@H](C)[C@@H](O)[C@]1(C)O. The number of methoxy groups -OCH3 is 1. The number of pyridine rings is 1. The lowest BCUT2D eigenvalue weighted by Crippen LogP contribution is -2.61. The number of likely N-dealkylation sites (N-methyl/N-ethyl adjacent to an activating group) is 2. The second-order valence-corrected chi connectivity index (χ2v) is 23.9. The van der Waals surface area contributed by atoms with Crippen LogP contribution in [0.4, 0.5) is 0 Å². The fourth-order valence-electron chi connectivity index (χ4n) is 12.2. The molecule has 0 unspecified atom stereocenters. The molecule has 0 amide bonds. The number of ether oxygens (including phenoxy) is 8. The van der Waals surface area contributed by atoms with Crippen molar-refractivity contribution in [2.45, 2.75) is 217 Å². The summed E-state index contributed by atoms with van der Waals surface area (Å²) in [4.78, 5) is 43.6. The molecule has 3 saturated heterocycles. The fourth-order valence-corrected chi connectivity index (χ4v) is 12.2. The van der Waals surface area contributed by atoms with E-state index in [1.54, 1.807) is 40.9 Å². The number of hydrogen-bond donors (Lipinski definition) is 5. The number of carbonyl (C=O) groups excluding carboxylic acids is 1. The van der Waals surface area contributed by atoms with Gasteiger partial charge < -0.3 is 77.8 Å². The van der Waals surface area contributed by atoms with Crippen LogP contribution in [-0.4, -0.2) is 197 Å². The number of fused-ring (bicyclic) bond motifs is 1. The van der Waals surface area contributed by atoms with Crippen LogP contribution in [0.5, 0.6) is 0 Å². The Balaban J connectivity index is 1.17. The van der Waals surface area contributed by atoms with Gasteiger partial charge in [-0.2, -0.15) is 0 Å². The van der Waals surface area contributed by atoms with Crippen molar-refractivity contribution in [2.24, 2.45) is 23.7 Å².